The quantitative estimate of drug-likeness (QED) is 0.108. The van der Waals surface area contributed by atoms with Gasteiger partial charge in [-0.05, 0) is 97.9 Å². The Labute approximate surface area is 414 Å². The lowest BCUT2D eigenvalue weighted by atomic mass is 9.81. The van der Waals surface area contributed by atoms with Gasteiger partial charge in [0, 0.05) is 51.2 Å². The lowest BCUT2D eigenvalue weighted by Gasteiger charge is -2.31. The summed E-state index contributed by atoms with van der Waals surface area (Å²) in [7, 11) is -3.67. The summed E-state index contributed by atoms with van der Waals surface area (Å²) in [4.78, 5) is 73.4. The highest BCUT2D eigenvalue weighted by atomic mass is 32.2. The molecule has 2 aromatic carbocycles. The molecule has 1 amide bonds. The van der Waals surface area contributed by atoms with E-state index in [2.05, 4.69) is 5.32 Å². The molecule has 0 fully saturated rings. The van der Waals surface area contributed by atoms with Crippen LogP contribution in [0.15, 0.2) is 33.9 Å². The number of esters is 2. The number of ether oxygens (including phenoxy) is 2. The maximum Gasteiger partial charge on any atom is 0.343 e. The molecule has 0 saturated heterocycles. The van der Waals surface area contributed by atoms with Crippen molar-refractivity contribution in [3.05, 3.63) is 123 Å². The van der Waals surface area contributed by atoms with E-state index in [-0.39, 0.29) is 78.8 Å². The normalized spacial score (nSPS) is 21.5. The summed E-state index contributed by atoms with van der Waals surface area (Å²) in [6, 6.07) is 5.34. The molecule has 4 atom stereocenters. The molecule has 382 valence electrons. The first-order valence-corrected chi connectivity index (χ1v) is 25.5. The van der Waals surface area contributed by atoms with Crippen molar-refractivity contribution in [2.24, 2.45) is 5.73 Å². The molecule has 73 heavy (non-hydrogen) atoms. The average molecular weight is 1030 g/mol. The molecule has 0 saturated carbocycles. The van der Waals surface area contributed by atoms with E-state index in [0.29, 0.717) is 82.4 Å². The number of aromatic nitrogens is 4. The highest BCUT2D eigenvalue weighted by Crippen LogP contribution is 2.48. The van der Waals surface area contributed by atoms with Crippen molar-refractivity contribution < 1.29 is 60.9 Å². The maximum atomic E-state index is 14.9. The van der Waals surface area contributed by atoms with Crippen molar-refractivity contribution in [3.8, 4) is 22.8 Å². The Morgan fingerprint density at radius 2 is 1.18 bits per heavy atom. The van der Waals surface area contributed by atoms with Crippen LogP contribution >= 0.6 is 0 Å². The zero-order chi connectivity index (χ0) is 52.5. The highest BCUT2D eigenvalue weighted by molar-refractivity contribution is 7.85. The number of fused-ring (bicyclic) bond motifs is 10. The maximum absolute atomic E-state index is 14.9. The molecule has 2 unspecified atom stereocenters. The van der Waals surface area contributed by atoms with Crippen LogP contribution in [0.4, 0.5) is 8.78 Å². The number of hydrogen-bond donors (Lipinski definition) is 6. The average Bonchev–Trinajstić information content (AvgIpc) is 3.91. The lowest BCUT2D eigenvalue weighted by molar-refractivity contribution is -0.172. The van der Waals surface area contributed by atoms with Crippen LogP contribution in [-0.2, 0) is 84.3 Å². The van der Waals surface area contributed by atoms with Crippen molar-refractivity contribution >= 4 is 49.8 Å². The first-order valence-electron chi connectivity index (χ1n) is 23.7. The Balaban J connectivity index is 0.000000154. The molecule has 6 aromatic rings. The van der Waals surface area contributed by atoms with E-state index >= 15 is 0 Å². The van der Waals surface area contributed by atoms with Crippen molar-refractivity contribution in [2.45, 2.75) is 116 Å². The van der Waals surface area contributed by atoms with Gasteiger partial charge in [0.25, 0.3) is 21.2 Å². The molecule has 0 radical (unpaired) electrons. The van der Waals surface area contributed by atoms with E-state index in [1.54, 1.807) is 44.4 Å². The number of pyridine rings is 4. The predicted molar refractivity (Wildman–Crippen MR) is 257 cm³/mol. The molecular weight excluding hydrogens is 975 g/mol. The van der Waals surface area contributed by atoms with E-state index < -0.39 is 63.2 Å². The predicted octanol–water partition coefficient (Wildman–Crippen LogP) is 3.60. The number of cyclic esters (lactones) is 2. The molecule has 22 heteroatoms. The van der Waals surface area contributed by atoms with Crippen molar-refractivity contribution in [1.29, 1.82) is 0 Å². The van der Waals surface area contributed by atoms with Crippen LogP contribution < -0.4 is 22.2 Å². The van der Waals surface area contributed by atoms with Gasteiger partial charge in [-0.3, -0.25) is 18.9 Å². The van der Waals surface area contributed by atoms with Crippen LogP contribution in [0.2, 0.25) is 0 Å². The second kappa shape index (κ2) is 17.4. The number of aliphatic hydroxyl groups is 3. The Hall–Kier alpha value is -6.82. The Morgan fingerprint density at radius 3 is 1.62 bits per heavy atom. The largest absolute Gasteiger partial charge is 0.458 e. The fourth-order valence-corrected chi connectivity index (χ4v) is 11.5. The molecule has 12 rings (SSSR count). The number of rotatable bonds is 4. The lowest BCUT2D eigenvalue weighted by Crippen LogP contribution is -2.44. The van der Waals surface area contributed by atoms with E-state index in [1.165, 1.54) is 16.7 Å². The third-order valence-corrected chi connectivity index (χ3v) is 15.3. The third-order valence-electron chi connectivity index (χ3n) is 15.3. The standard InChI is InChI=1S/C26H24FN3O6.C24H22FN3O4.CH4O3S/c1-3-26(35)15-6-19-23-13(8-30(19)24(33)14(15)10-36-25(26)34)22-17(28-20(32)9-31)5-4-12-11(2)16(27)7-18(29-23)21(12)22;1-3-24(31)14-6-18-21-12(8-28(18)22(29)13(14)9-32-23(24)30)19-16(26)5-4-11-10(2)15(25)7-17(27-21)20(11)19;1-5(2,3)4/h6-7,17,31,35H,3-5,8-10H2,1-2H3,(H,28,32);6-7,16,31H,3-5,8-9,26H2,1-2H3;1H3,(H,2,3,4)/t17?,26-;16?,24-;/m00./s1. The summed E-state index contributed by atoms with van der Waals surface area (Å²) in [5.41, 5.74) is 11.8. The fourth-order valence-electron chi connectivity index (χ4n) is 11.5. The number of aryl methyl sites for hydroxylation is 2. The highest BCUT2D eigenvalue weighted by Gasteiger charge is 2.48. The molecule has 2 aliphatic carbocycles. The van der Waals surface area contributed by atoms with Crippen LogP contribution in [0, 0.1) is 25.5 Å². The smallest absolute Gasteiger partial charge is 0.343 e. The van der Waals surface area contributed by atoms with E-state index in [0.717, 1.165) is 38.6 Å². The molecule has 4 aliphatic heterocycles. The van der Waals surface area contributed by atoms with Gasteiger partial charge in [-0.25, -0.2) is 28.3 Å². The van der Waals surface area contributed by atoms with Crippen molar-refractivity contribution in [1.82, 2.24) is 24.4 Å². The minimum absolute atomic E-state index is 0.0219. The monoisotopic (exact) mass is 1020 g/mol. The zero-order valence-electron chi connectivity index (χ0n) is 40.2. The number of carbonyl (C=O) groups excluding carboxylic acids is 3. The topological polar surface area (TPSA) is 293 Å². The second-order valence-electron chi connectivity index (χ2n) is 19.3. The van der Waals surface area contributed by atoms with E-state index in [4.69, 9.17) is 29.7 Å². The van der Waals surface area contributed by atoms with Gasteiger partial charge < -0.3 is 45.0 Å². The number of aliphatic hydroxyl groups excluding tert-OH is 1. The SMILES string of the molecule is CC[C@@]1(O)C(=O)OCc2c1cc1n(c2=O)Cc2c-1nc1cc(F)c(C)c3c1c2C(N)CC3.CC[C@@]1(O)C(=O)OCc2c1cc1n(c2=O)Cc2c-1nc1cc(F)c(C)c3c1c2C(NC(=O)CO)CC3.CS(=O)(=O)O. The number of benzene rings is 2. The minimum Gasteiger partial charge on any atom is -0.458 e. The van der Waals surface area contributed by atoms with Crippen LogP contribution in [0.1, 0.15) is 118 Å². The van der Waals surface area contributed by atoms with Crippen molar-refractivity contribution in [3.63, 3.8) is 0 Å². The Kier molecular flexibility index (Phi) is 11.9. The first kappa shape index (κ1) is 49.7. The summed E-state index contributed by atoms with van der Waals surface area (Å²) >= 11 is 0. The summed E-state index contributed by atoms with van der Waals surface area (Å²) in [5, 5.41) is 35.9. The number of amides is 1. The molecule has 8 heterocycles. The molecule has 4 aromatic heterocycles. The number of hydrogen-bond acceptors (Lipinski definition) is 15. The summed E-state index contributed by atoms with van der Waals surface area (Å²) in [6.45, 7) is 6.14. The molecular formula is C51H50F2N6O13S. The molecule has 0 bridgehead atoms. The summed E-state index contributed by atoms with van der Waals surface area (Å²) < 4.78 is 68.8. The van der Waals surface area contributed by atoms with Gasteiger partial charge in [-0.15, -0.1) is 0 Å². The van der Waals surface area contributed by atoms with Gasteiger partial charge in [0.2, 0.25) is 5.91 Å². The third kappa shape index (κ3) is 7.59. The fraction of sp³-hybridized carbons (Fsp3) is 0.392. The van der Waals surface area contributed by atoms with Gasteiger partial charge >= 0.3 is 11.9 Å². The van der Waals surface area contributed by atoms with Crippen molar-refractivity contribution in [2.75, 3.05) is 12.9 Å². The van der Waals surface area contributed by atoms with Gasteiger partial charge in [0.1, 0.15) is 31.5 Å². The molecule has 7 N–H and O–H groups in total. The number of nitrogens with two attached hydrogens (primary N) is 1. The zero-order valence-corrected chi connectivity index (χ0v) is 41.1. The number of nitrogens with one attached hydrogen (secondary N) is 1. The summed E-state index contributed by atoms with van der Waals surface area (Å²) in [6.07, 6.45) is 3.19. The van der Waals surface area contributed by atoms with Crippen LogP contribution in [0.3, 0.4) is 0 Å². The number of halogens is 2. The summed E-state index contributed by atoms with van der Waals surface area (Å²) in [5.74, 6) is -2.81. The van der Waals surface area contributed by atoms with Gasteiger partial charge in [0.15, 0.2) is 11.2 Å². The van der Waals surface area contributed by atoms with Crippen LogP contribution in [0.5, 0.6) is 0 Å². The van der Waals surface area contributed by atoms with E-state index in [9.17, 15) is 56.5 Å². The van der Waals surface area contributed by atoms with Crippen LogP contribution in [0.25, 0.3) is 44.6 Å². The molecule has 6 aliphatic rings. The second-order valence-corrected chi connectivity index (χ2v) is 20.8. The van der Waals surface area contributed by atoms with Gasteiger partial charge in [0.05, 0.1) is 70.3 Å². The minimum atomic E-state index is -3.67. The number of carbonyl (C=O) groups is 3. The van der Waals surface area contributed by atoms with E-state index in [1.807, 2.05) is 0 Å². The van der Waals surface area contributed by atoms with Gasteiger partial charge in [-0.1, -0.05) is 13.8 Å². The molecule has 19 nitrogen and oxygen atoms in total. The van der Waals surface area contributed by atoms with Gasteiger partial charge in [-0.2, -0.15) is 8.42 Å². The van der Waals surface area contributed by atoms with Crippen LogP contribution in [-0.4, -0.2) is 78.1 Å². The number of nitrogens with zero attached hydrogens (tertiary/aromatic N) is 4. The Morgan fingerprint density at radius 1 is 0.753 bits per heavy atom. The molecule has 0 spiro atoms. The Bertz CT molecular complexity index is 3740. The first-order chi connectivity index (χ1) is 34.4.